The summed E-state index contributed by atoms with van der Waals surface area (Å²) in [5, 5.41) is 8.31. The molecule has 0 saturated carbocycles. The molecule has 4 heterocycles. The van der Waals surface area contributed by atoms with Gasteiger partial charge in [-0.15, -0.1) is 10.2 Å². The van der Waals surface area contributed by atoms with Gasteiger partial charge in [-0.05, 0) is 19.1 Å². The molecule has 0 N–H and O–H groups in total. The third-order valence-electron chi connectivity index (χ3n) is 4.49. The van der Waals surface area contributed by atoms with Crippen molar-refractivity contribution in [3.05, 3.63) is 30.3 Å². The third-order valence-corrected chi connectivity index (χ3v) is 4.49. The smallest absolute Gasteiger partial charge is 0.410 e. The lowest BCUT2D eigenvalue weighted by Gasteiger charge is -2.46. The average molecular weight is 329 g/mol. The first kappa shape index (κ1) is 15.1. The number of nitrogens with zero attached hydrogens (tertiary/aromatic N) is 5. The van der Waals surface area contributed by atoms with Gasteiger partial charge in [-0.3, -0.25) is 9.88 Å². The van der Waals surface area contributed by atoms with E-state index < -0.39 is 0 Å². The van der Waals surface area contributed by atoms with Crippen LogP contribution in [-0.2, 0) is 10.2 Å². The van der Waals surface area contributed by atoms with Crippen LogP contribution < -0.4 is 0 Å². The number of aromatic nitrogens is 3. The van der Waals surface area contributed by atoms with E-state index in [0.717, 1.165) is 19.6 Å². The number of hydrogen-bond donors (Lipinski definition) is 0. The Kier molecular flexibility index (Phi) is 3.49. The van der Waals surface area contributed by atoms with Crippen LogP contribution in [0.3, 0.4) is 0 Å². The molecule has 1 unspecified atom stereocenters. The van der Waals surface area contributed by atoms with Gasteiger partial charge >= 0.3 is 6.09 Å². The Labute approximate surface area is 139 Å². The predicted molar refractivity (Wildman–Crippen MR) is 84.2 cm³/mol. The Morgan fingerprint density at radius 1 is 1.33 bits per heavy atom. The Hall–Kier alpha value is -2.48. The molecular formula is C16H19N5O3. The standard InChI is InChI=1S/C16H19N5O3/c1-16(9-21(10-16)8-11-7-20(2)15(22)23-11)14-19-18-13(24-14)12-5-3-4-6-17-12/h3-6,11H,7-10H2,1-2H3. The van der Waals surface area contributed by atoms with Crippen LogP contribution in [0.1, 0.15) is 12.8 Å². The van der Waals surface area contributed by atoms with Crippen LogP contribution in [0.15, 0.2) is 28.8 Å². The zero-order chi connectivity index (χ0) is 16.7. The molecule has 2 fully saturated rings. The molecule has 2 aromatic heterocycles. The van der Waals surface area contributed by atoms with Crippen molar-refractivity contribution in [2.75, 3.05) is 33.2 Å². The second kappa shape index (κ2) is 5.55. The van der Waals surface area contributed by atoms with E-state index in [2.05, 4.69) is 27.0 Å². The summed E-state index contributed by atoms with van der Waals surface area (Å²) < 4.78 is 11.1. The van der Waals surface area contributed by atoms with Gasteiger partial charge in [0.15, 0.2) is 0 Å². The quantitative estimate of drug-likeness (QED) is 0.832. The number of rotatable bonds is 4. The second-order valence-corrected chi connectivity index (χ2v) is 6.74. The minimum absolute atomic E-state index is 0.0705. The first-order valence-electron chi connectivity index (χ1n) is 7.93. The Balaban J connectivity index is 1.38. The van der Waals surface area contributed by atoms with E-state index in [0.29, 0.717) is 24.0 Å². The van der Waals surface area contributed by atoms with Gasteiger partial charge in [0.05, 0.1) is 12.0 Å². The molecule has 8 heteroatoms. The molecule has 4 rings (SSSR count). The maximum atomic E-state index is 11.4. The second-order valence-electron chi connectivity index (χ2n) is 6.74. The summed E-state index contributed by atoms with van der Waals surface area (Å²) in [5.41, 5.74) is 0.506. The largest absolute Gasteiger partial charge is 0.443 e. The number of carbonyl (C=O) groups is 1. The third kappa shape index (κ3) is 2.62. The van der Waals surface area contributed by atoms with Gasteiger partial charge in [0.2, 0.25) is 5.89 Å². The summed E-state index contributed by atoms with van der Waals surface area (Å²) in [6.45, 7) is 5.07. The van der Waals surface area contributed by atoms with Gasteiger partial charge in [0.25, 0.3) is 5.89 Å². The molecule has 0 radical (unpaired) electrons. The monoisotopic (exact) mass is 329 g/mol. The highest BCUT2D eigenvalue weighted by Crippen LogP contribution is 2.34. The highest BCUT2D eigenvalue weighted by molar-refractivity contribution is 5.69. The SMILES string of the molecule is CN1CC(CN2CC(C)(c3nnc(-c4ccccn4)o3)C2)OC1=O. The summed E-state index contributed by atoms with van der Waals surface area (Å²) in [4.78, 5) is 19.5. The average Bonchev–Trinajstić information content (AvgIpc) is 3.15. The van der Waals surface area contributed by atoms with Crippen molar-refractivity contribution in [1.29, 1.82) is 0 Å². The zero-order valence-corrected chi connectivity index (χ0v) is 13.7. The molecule has 2 saturated heterocycles. The number of likely N-dealkylation sites (tertiary alicyclic amines) is 1. The zero-order valence-electron chi connectivity index (χ0n) is 13.7. The minimum Gasteiger partial charge on any atom is -0.443 e. The first-order valence-corrected chi connectivity index (χ1v) is 7.93. The lowest BCUT2D eigenvalue weighted by atomic mass is 9.81. The number of amides is 1. The highest BCUT2D eigenvalue weighted by Gasteiger charge is 2.46. The van der Waals surface area contributed by atoms with E-state index in [-0.39, 0.29) is 17.6 Å². The fourth-order valence-corrected chi connectivity index (χ4v) is 3.30. The van der Waals surface area contributed by atoms with Crippen LogP contribution in [-0.4, -0.2) is 70.4 Å². The van der Waals surface area contributed by atoms with E-state index in [1.165, 1.54) is 0 Å². The molecule has 0 spiro atoms. The molecule has 24 heavy (non-hydrogen) atoms. The van der Waals surface area contributed by atoms with Gasteiger partial charge in [-0.25, -0.2) is 4.79 Å². The van der Waals surface area contributed by atoms with Crippen LogP contribution in [0.2, 0.25) is 0 Å². The highest BCUT2D eigenvalue weighted by atomic mass is 16.6. The van der Waals surface area contributed by atoms with Gasteiger partial charge in [-0.1, -0.05) is 6.07 Å². The van der Waals surface area contributed by atoms with E-state index in [4.69, 9.17) is 9.15 Å². The molecule has 1 amide bonds. The summed E-state index contributed by atoms with van der Waals surface area (Å²) in [5.74, 6) is 1.07. The molecule has 1 atom stereocenters. The summed E-state index contributed by atoms with van der Waals surface area (Å²) >= 11 is 0. The van der Waals surface area contributed by atoms with Gasteiger partial charge in [-0.2, -0.15) is 0 Å². The van der Waals surface area contributed by atoms with Crippen LogP contribution >= 0.6 is 0 Å². The fraction of sp³-hybridized carbons (Fsp3) is 0.500. The summed E-state index contributed by atoms with van der Waals surface area (Å²) in [6, 6.07) is 5.58. The first-order chi connectivity index (χ1) is 11.5. The van der Waals surface area contributed by atoms with Crippen molar-refractivity contribution in [3.8, 4) is 11.6 Å². The molecular weight excluding hydrogens is 310 g/mol. The lowest BCUT2D eigenvalue weighted by molar-refractivity contribution is 0.0218. The van der Waals surface area contributed by atoms with Crippen LogP contribution in [0, 0.1) is 0 Å². The molecule has 0 aliphatic carbocycles. The molecule has 0 aromatic carbocycles. The summed E-state index contributed by atoms with van der Waals surface area (Å²) in [6.07, 6.45) is 1.38. The Morgan fingerprint density at radius 2 is 2.17 bits per heavy atom. The Bertz CT molecular complexity index is 741. The molecule has 126 valence electrons. The van der Waals surface area contributed by atoms with Crippen molar-refractivity contribution in [2.24, 2.45) is 0 Å². The number of cyclic esters (lactones) is 1. The molecule has 0 bridgehead atoms. The lowest BCUT2D eigenvalue weighted by Crippen LogP contribution is -2.59. The van der Waals surface area contributed by atoms with Crippen molar-refractivity contribution in [3.63, 3.8) is 0 Å². The van der Waals surface area contributed by atoms with Gasteiger partial charge in [0, 0.05) is 32.9 Å². The van der Waals surface area contributed by atoms with Crippen molar-refractivity contribution in [2.45, 2.75) is 18.4 Å². The normalized spacial score (nSPS) is 23.2. The number of pyridine rings is 1. The fourth-order valence-electron chi connectivity index (χ4n) is 3.30. The topological polar surface area (TPSA) is 84.6 Å². The van der Waals surface area contributed by atoms with Gasteiger partial charge < -0.3 is 14.1 Å². The number of likely N-dealkylation sites (N-methyl/N-ethyl adjacent to an activating group) is 1. The number of carbonyl (C=O) groups excluding carboxylic acids is 1. The van der Waals surface area contributed by atoms with Crippen LogP contribution in [0.5, 0.6) is 0 Å². The van der Waals surface area contributed by atoms with Crippen molar-refractivity contribution >= 4 is 6.09 Å². The van der Waals surface area contributed by atoms with Crippen molar-refractivity contribution < 1.29 is 13.9 Å². The van der Waals surface area contributed by atoms with Gasteiger partial charge in [0.1, 0.15) is 11.8 Å². The van der Waals surface area contributed by atoms with E-state index in [1.54, 1.807) is 18.1 Å². The molecule has 8 nitrogen and oxygen atoms in total. The number of ether oxygens (including phenoxy) is 1. The molecule has 2 aromatic rings. The van der Waals surface area contributed by atoms with Crippen molar-refractivity contribution in [1.82, 2.24) is 25.0 Å². The minimum atomic E-state index is -0.250. The number of hydrogen-bond acceptors (Lipinski definition) is 7. The van der Waals surface area contributed by atoms with E-state index >= 15 is 0 Å². The maximum Gasteiger partial charge on any atom is 0.410 e. The van der Waals surface area contributed by atoms with E-state index in [1.807, 2.05) is 18.2 Å². The van der Waals surface area contributed by atoms with Crippen LogP contribution in [0.4, 0.5) is 4.79 Å². The predicted octanol–water partition coefficient (Wildman–Crippen LogP) is 1.16. The van der Waals surface area contributed by atoms with E-state index in [9.17, 15) is 4.79 Å². The Morgan fingerprint density at radius 3 is 2.83 bits per heavy atom. The maximum absolute atomic E-state index is 11.4. The molecule has 2 aliphatic heterocycles. The molecule has 2 aliphatic rings. The summed E-state index contributed by atoms with van der Waals surface area (Å²) in [7, 11) is 1.75. The van der Waals surface area contributed by atoms with Crippen LogP contribution in [0.25, 0.3) is 11.6 Å².